The zero-order valence-corrected chi connectivity index (χ0v) is 6.94. The largest absolute Gasteiger partial charge is 0.390 e. The molecule has 5 nitrogen and oxygen atoms in total. The maximum absolute atomic E-state index is 5.57. The summed E-state index contributed by atoms with van der Waals surface area (Å²) in [5.74, 6) is 0. The van der Waals surface area contributed by atoms with E-state index in [1.165, 1.54) is 12.7 Å². The Hall–Kier alpha value is -0.940. The Labute approximate surface area is 71.5 Å². The van der Waals surface area contributed by atoms with Crippen molar-refractivity contribution in [1.29, 1.82) is 0 Å². The van der Waals surface area contributed by atoms with Crippen molar-refractivity contribution in [2.75, 3.05) is 26.3 Å². The second-order valence-electron chi connectivity index (χ2n) is 2.95. The van der Waals surface area contributed by atoms with Crippen LogP contribution in [0.5, 0.6) is 0 Å². The summed E-state index contributed by atoms with van der Waals surface area (Å²) in [6, 6.07) is 0. The number of rotatable bonds is 4. The van der Waals surface area contributed by atoms with Crippen molar-refractivity contribution >= 4 is 12.7 Å². The average Bonchev–Trinajstić information content (AvgIpc) is 2.02. The number of nitrogens with two attached hydrogens (primary N) is 2. The number of hydrogen-bond donors (Lipinski definition) is 2. The summed E-state index contributed by atoms with van der Waals surface area (Å²) in [4.78, 5) is 7.71. The Bertz CT molecular complexity index is 180. The number of nitrogens with zero attached hydrogens (tertiary/aromatic N) is 2. The molecular formula is C7H14N4O. The first-order valence-electron chi connectivity index (χ1n) is 3.82. The van der Waals surface area contributed by atoms with E-state index in [9.17, 15) is 0 Å². The van der Waals surface area contributed by atoms with Gasteiger partial charge in [0.1, 0.15) is 6.34 Å². The van der Waals surface area contributed by atoms with Crippen molar-refractivity contribution in [1.82, 2.24) is 0 Å². The van der Waals surface area contributed by atoms with E-state index in [4.69, 9.17) is 16.2 Å². The second kappa shape index (κ2) is 4.18. The summed E-state index contributed by atoms with van der Waals surface area (Å²) >= 11 is 0. The van der Waals surface area contributed by atoms with Gasteiger partial charge in [0, 0.05) is 12.0 Å². The molecule has 0 unspecified atom stereocenters. The molecule has 0 atom stereocenters. The minimum absolute atomic E-state index is 0.0562. The van der Waals surface area contributed by atoms with E-state index in [0.717, 1.165) is 0 Å². The summed E-state index contributed by atoms with van der Waals surface area (Å²) in [7, 11) is 0. The molecule has 0 amide bonds. The van der Waals surface area contributed by atoms with Gasteiger partial charge in [-0.05, 0) is 0 Å². The van der Waals surface area contributed by atoms with Gasteiger partial charge in [-0.3, -0.25) is 4.99 Å². The third-order valence-electron chi connectivity index (χ3n) is 1.91. The molecule has 1 fully saturated rings. The van der Waals surface area contributed by atoms with E-state index in [1.807, 2.05) is 0 Å². The Kier molecular flexibility index (Phi) is 3.19. The molecule has 1 rings (SSSR count). The first kappa shape index (κ1) is 9.15. The molecule has 0 bridgehead atoms. The maximum atomic E-state index is 5.57. The van der Waals surface area contributed by atoms with Crippen LogP contribution >= 0.6 is 0 Å². The average molecular weight is 170 g/mol. The Balaban J connectivity index is 2.29. The van der Waals surface area contributed by atoms with Crippen molar-refractivity contribution < 1.29 is 4.74 Å². The van der Waals surface area contributed by atoms with Crippen LogP contribution in [-0.4, -0.2) is 39.0 Å². The number of hydrogen-bond acceptors (Lipinski definition) is 3. The molecule has 0 aromatic heterocycles. The Morgan fingerprint density at radius 2 is 2.25 bits per heavy atom. The van der Waals surface area contributed by atoms with Crippen molar-refractivity contribution in [2.24, 2.45) is 26.9 Å². The van der Waals surface area contributed by atoms with E-state index in [2.05, 4.69) is 9.98 Å². The highest BCUT2D eigenvalue weighted by atomic mass is 16.5. The Morgan fingerprint density at radius 3 is 2.67 bits per heavy atom. The van der Waals surface area contributed by atoms with Gasteiger partial charge in [-0.2, -0.15) is 0 Å². The topological polar surface area (TPSA) is 86.0 Å². The molecule has 0 spiro atoms. The molecule has 4 N–H and O–H groups in total. The first-order valence-corrected chi connectivity index (χ1v) is 3.82. The smallest absolute Gasteiger partial charge is 0.111 e. The fourth-order valence-electron chi connectivity index (χ4n) is 0.985. The van der Waals surface area contributed by atoms with Crippen LogP contribution in [0.25, 0.3) is 0 Å². The standard InChI is InChI=1S/C7H14N4O/c8-1-7(3-12-4-7)2-10-6-11-5-9/h5-6H,1-4,8H2,(H2,9,10,11). The lowest BCUT2D eigenvalue weighted by Gasteiger charge is -2.38. The van der Waals surface area contributed by atoms with Gasteiger partial charge in [0.25, 0.3) is 0 Å². The minimum atomic E-state index is 0.0562. The molecule has 0 radical (unpaired) electrons. The lowest BCUT2D eigenvalue weighted by molar-refractivity contribution is -0.0999. The predicted octanol–water partition coefficient (Wildman–Crippen LogP) is -1.02. The highest BCUT2D eigenvalue weighted by Crippen LogP contribution is 2.25. The van der Waals surface area contributed by atoms with Crippen molar-refractivity contribution in [3.8, 4) is 0 Å². The van der Waals surface area contributed by atoms with Gasteiger partial charge < -0.3 is 16.2 Å². The summed E-state index contributed by atoms with van der Waals surface area (Å²) in [6.07, 6.45) is 2.64. The van der Waals surface area contributed by atoms with Crippen LogP contribution in [0.4, 0.5) is 0 Å². The maximum Gasteiger partial charge on any atom is 0.111 e. The molecule has 1 aliphatic heterocycles. The molecule has 0 aromatic rings. The fraction of sp³-hybridized carbons (Fsp3) is 0.714. The summed E-state index contributed by atoms with van der Waals surface area (Å²) in [5, 5.41) is 0. The molecule has 0 aromatic carbocycles. The van der Waals surface area contributed by atoms with Gasteiger partial charge in [0.15, 0.2) is 0 Å². The lowest BCUT2D eigenvalue weighted by atomic mass is 9.86. The van der Waals surface area contributed by atoms with E-state index >= 15 is 0 Å². The van der Waals surface area contributed by atoms with Gasteiger partial charge in [-0.1, -0.05) is 0 Å². The van der Waals surface area contributed by atoms with Crippen LogP contribution in [0.2, 0.25) is 0 Å². The second-order valence-corrected chi connectivity index (χ2v) is 2.95. The van der Waals surface area contributed by atoms with Gasteiger partial charge in [-0.25, -0.2) is 4.99 Å². The first-order chi connectivity index (χ1) is 5.83. The molecule has 5 heteroatoms. The molecule has 1 saturated heterocycles. The van der Waals surface area contributed by atoms with Crippen molar-refractivity contribution in [3.63, 3.8) is 0 Å². The van der Waals surface area contributed by atoms with Crippen molar-refractivity contribution in [3.05, 3.63) is 0 Å². The zero-order chi connectivity index (χ0) is 8.86. The quantitative estimate of drug-likeness (QED) is 0.418. The predicted molar refractivity (Wildman–Crippen MR) is 48.3 cm³/mol. The van der Waals surface area contributed by atoms with Gasteiger partial charge in [0.2, 0.25) is 0 Å². The highest BCUT2D eigenvalue weighted by molar-refractivity contribution is 5.69. The summed E-state index contributed by atoms with van der Waals surface area (Å²) < 4.78 is 5.07. The van der Waals surface area contributed by atoms with Crippen LogP contribution in [0.15, 0.2) is 9.98 Å². The lowest BCUT2D eigenvalue weighted by Crippen LogP contribution is -2.50. The van der Waals surface area contributed by atoms with E-state index in [0.29, 0.717) is 26.3 Å². The number of aliphatic imine (C=N–C) groups is 2. The van der Waals surface area contributed by atoms with Gasteiger partial charge in [0.05, 0.1) is 26.1 Å². The van der Waals surface area contributed by atoms with Crippen molar-refractivity contribution in [2.45, 2.75) is 0 Å². The molecule has 0 saturated carbocycles. The van der Waals surface area contributed by atoms with E-state index < -0.39 is 0 Å². The third-order valence-corrected chi connectivity index (χ3v) is 1.91. The molecule has 1 aliphatic rings. The number of ether oxygens (including phenoxy) is 1. The third kappa shape index (κ3) is 2.02. The SMILES string of the molecule is NC=NC=NCC1(CN)COC1. The van der Waals surface area contributed by atoms with Gasteiger partial charge in [-0.15, -0.1) is 0 Å². The minimum Gasteiger partial charge on any atom is -0.390 e. The molecule has 1 heterocycles. The normalized spacial score (nSPS) is 21.8. The molecule has 0 aliphatic carbocycles. The monoisotopic (exact) mass is 170 g/mol. The summed E-state index contributed by atoms with van der Waals surface area (Å²) in [6.45, 7) is 2.68. The van der Waals surface area contributed by atoms with E-state index in [1.54, 1.807) is 0 Å². The van der Waals surface area contributed by atoms with Crippen LogP contribution in [0, 0.1) is 5.41 Å². The van der Waals surface area contributed by atoms with Crippen LogP contribution in [-0.2, 0) is 4.74 Å². The van der Waals surface area contributed by atoms with E-state index in [-0.39, 0.29) is 5.41 Å². The van der Waals surface area contributed by atoms with Crippen LogP contribution in [0.3, 0.4) is 0 Å². The van der Waals surface area contributed by atoms with Crippen LogP contribution in [0.1, 0.15) is 0 Å². The zero-order valence-electron chi connectivity index (χ0n) is 6.94. The fourth-order valence-corrected chi connectivity index (χ4v) is 0.985. The van der Waals surface area contributed by atoms with Crippen LogP contribution < -0.4 is 11.5 Å². The molecular weight excluding hydrogens is 156 g/mol. The molecule has 68 valence electrons. The van der Waals surface area contributed by atoms with Gasteiger partial charge >= 0.3 is 0 Å². The molecule has 12 heavy (non-hydrogen) atoms. The highest BCUT2D eigenvalue weighted by Gasteiger charge is 2.36. The Morgan fingerprint density at radius 1 is 1.50 bits per heavy atom. The summed E-state index contributed by atoms with van der Waals surface area (Å²) in [5.41, 5.74) is 10.6.